The minimum Gasteiger partial charge on any atom is -0.481 e. The van der Waals surface area contributed by atoms with Crippen molar-refractivity contribution >= 4 is 31.9 Å². The first kappa shape index (κ1) is 14.9. The van der Waals surface area contributed by atoms with Crippen LogP contribution >= 0.6 is 15.9 Å². The van der Waals surface area contributed by atoms with E-state index in [1.54, 1.807) is 0 Å². The highest BCUT2D eigenvalue weighted by Gasteiger charge is 2.54. The monoisotopic (exact) mass is 377 g/mol. The van der Waals surface area contributed by atoms with Gasteiger partial charge in [0.1, 0.15) is 5.82 Å². The molecule has 114 valence electrons. The molecule has 1 aromatic rings. The van der Waals surface area contributed by atoms with Crippen molar-refractivity contribution in [3.63, 3.8) is 0 Å². The number of sulfonamides is 1. The highest BCUT2D eigenvalue weighted by molar-refractivity contribution is 9.10. The molecule has 0 radical (unpaired) electrons. The van der Waals surface area contributed by atoms with Crippen LogP contribution < -0.4 is 0 Å². The lowest BCUT2D eigenvalue weighted by atomic mass is 9.89. The molecule has 1 aromatic carbocycles. The predicted molar refractivity (Wildman–Crippen MR) is 75.7 cm³/mol. The topological polar surface area (TPSA) is 74.7 Å². The van der Waals surface area contributed by atoms with Crippen LogP contribution in [-0.4, -0.2) is 35.9 Å². The molecule has 2 aliphatic rings. The van der Waals surface area contributed by atoms with Crippen molar-refractivity contribution in [3.05, 3.63) is 28.5 Å². The van der Waals surface area contributed by atoms with Crippen LogP contribution in [0.5, 0.6) is 0 Å². The fraction of sp³-hybridized carbons (Fsp3) is 0.462. The van der Waals surface area contributed by atoms with Crippen LogP contribution in [0, 0.1) is 11.7 Å². The first-order chi connectivity index (χ1) is 9.82. The van der Waals surface area contributed by atoms with E-state index in [1.165, 1.54) is 10.4 Å². The molecule has 2 bridgehead atoms. The molecule has 3 atom stereocenters. The standard InChI is InChI=1S/C13H13BrFNO4S/c14-10-5-7(15)1-4-12(10)21(19,20)16-8-2-3-11(16)9(6-8)13(17)18/h1,4-5,8-9,11H,2-3,6H2,(H,17,18). The number of nitrogens with zero attached hydrogens (tertiary/aromatic N) is 1. The third-order valence-electron chi connectivity index (χ3n) is 4.24. The number of benzene rings is 1. The Morgan fingerprint density at radius 1 is 1.38 bits per heavy atom. The van der Waals surface area contributed by atoms with Gasteiger partial charge in [0, 0.05) is 16.6 Å². The minimum atomic E-state index is -3.83. The number of rotatable bonds is 3. The molecule has 3 unspecified atom stereocenters. The first-order valence-electron chi connectivity index (χ1n) is 6.54. The van der Waals surface area contributed by atoms with E-state index in [1.807, 2.05) is 0 Å². The molecule has 0 aliphatic carbocycles. The van der Waals surface area contributed by atoms with Gasteiger partial charge < -0.3 is 5.11 Å². The number of carboxylic acid groups (broad SMARTS) is 1. The SMILES string of the molecule is O=C(O)C1CC2CCC1N2S(=O)(=O)c1ccc(F)cc1Br. The van der Waals surface area contributed by atoms with Crippen molar-refractivity contribution in [1.29, 1.82) is 0 Å². The second kappa shape index (κ2) is 5.03. The van der Waals surface area contributed by atoms with E-state index in [-0.39, 0.29) is 15.4 Å². The molecule has 2 aliphatic heterocycles. The van der Waals surface area contributed by atoms with E-state index < -0.39 is 33.8 Å². The highest BCUT2D eigenvalue weighted by atomic mass is 79.9. The predicted octanol–water partition coefficient (Wildman–Crippen LogP) is 2.21. The molecule has 0 amide bonds. The molecule has 0 aromatic heterocycles. The van der Waals surface area contributed by atoms with Gasteiger partial charge in [-0.3, -0.25) is 4.79 Å². The third kappa shape index (κ3) is 2.29. The molecule has 5 nitrogen and oxygen atoms in total. The molecular formula is C13H13BrFNO4S. The summed E-state index contributed by atoms with van der Waals surface area (Å²) < 4.78 is 40.1. The molecule has 0 saturated carbocycles. The molecule has 2 fully saturated rings. The zero-order chi connectivity index (χ0) is 15.4. The van der Waals surface area contributed by atoms with E-state index in [2.05, 4.69) is 15.9 Å². The summed E-state index contributed by atoms with van der Waals surface area (Å²) in [5.41, 5.74) is 0. The van der Waals surface area contributed by atoms with Crippen molar-refractivity contribution in [2.45, 2.75) is 36.2 Å². The van der Waals surface area contributed by atoms with Crippen molar-refractivity contribution in [2.75, 3.05) is 0 Å². The van der Waals surface area contributed by atoms with Gasteiger partial charge in [0.25, 0.3) is 0 Å². The summed E-state index contributed by atoms with van der Waals surface area (Å²) >= 11 is 3.07. The van der Waals surface area contributed by atoms with Gasteiger partial charge in [-0.15, -0.1) is 0 Å². The Bertz CT molecular complexity index is 708. The zero-order valence-corrected chi connectivity index (χ0v) is 13.3. The molecule has 2 heterocycles. The van der Waals surface area contributed by atoms with Gasteiger partial charge in [0.05, 0.1) is 10.8 Å². The zero-order valence-electron chi connectivity index (χ0n) is 10.9. The van der Waals surface area contributed by atoms with Crippen molar-refractivity contribution in [1.82, 2.24) is 4.31 Å². The summed E-state index contributed by atoms with van der Waals surface area (Å²) in [5.74, 6) is -2.15. The van der Waals surface area contributed by atoms with Crippen molar-refractivity contribution < 1.29 is 22.7 Å². The van der Waals surface area contributed by atoms with E-state index in [4.69, 9.17) is 0 Å². The van der Waals surface area contributed by atoms with Gasteiger partial charge in [0.2, 0.25) is 10.0 Å². The molecule has 1 N–H and O–H groups in total. The van der Waals surface area contributed by atoms with E-state index in [0.29, 0.717) is 19.3 Å². The number of halogens is 2. The summed E-state index contributed by atoms with van der Waals surface area (Å²) in [5, 5.41) is 9.20. The van der Waals surface area contributed by atoms with Crippen LogP contribution in [0.1, 0.15) is 19.3 Å². The maximum atomic E-state index is 13.1. The molecule has 2 saturated heterocycles. The highest BCUT2D eigenvalue weighted by Crippen LogP contribution is 2.45. The Hall–Kier alpha value is -0.990. The number of aliphatic carboxylic acids is 1. The van der Waals surface area contributed by atoms with Crippen LogP contribution in [0.2, 0.25) is 0 Å². The van der Waals surface area contributed by atoms with Gasteiger partial charge in [-0.1, -0.05) is 0 Å². The number of fused-ring (bicyclic) bond motifs is 2. The number of carbonyl (C=O) groups is 1. The van der Waals surface area contributed by atoms with Crippen LogP contribution in [0.3, 0.4) is 0 Å². The lowest BCUT2D eigenvalue weighted by Gasteiger charge is -2.23. The van der Waals surface area contributed by atoms with Crippen LogP contribution in [0.25, 0.3) is 0 Å². The first-order valence-corrected chi connectivity index (χ1v) is 8.77. The Morgan fingerprint density at radius 3 is 2.67 bits per heavy atom. The Balaban J connectivity index is 2.02. The van der Waals surface area contributed by atoms with Gasteiger partial charge in [-0.2, -0.15) is 4.31 Å². The van der Waals surface area contributed by atoms with Gasteiger partial charge >= 0.3 is 5.97 Å². The average molecular weight is 378 g/mol. The second-order valence-corrected chi connectivity index (χ2v) is 8.05. The lowest BCUT2D eigenvalue weighted by molar-refractivity contribution is -0.142. The minimum absolute atomic E-state index is 0.0214. The summed E-state index contributed by atoms with van der Waals surface area (Å²) in [7, 11) is -3.83. The average Bonchev–Trinajstić information content (AvgIpc) is 2.96. The molecule has 8 heteroatoms. The lowest BCUT2D eigenvalue weighted by Crippen LogP contribution is -2.38. The van der Waals surface area contributed by atoms with E-state index >= 15 is 0 Å². The van der Waals surface area contributed by atoms with Gasteiger partial charge in [-0.05, 0) is 53.4 Å². The third-order valence-corrected chi connectivity index (χ3v) is 7.19. The summed E-state index contributed by atoms with van der Waals surface area (Å²) in [6.07, 6.45) is 1.57. The number of hydrogen-bond donors (Lipinski definition) is 1. The number of hydrogen-bond acceptors (Lipinski definition) is 3. The Kier molecular flexibility index (Phi) is 3.58. The Morgan fingerprint density at radius 2 is 2.10 bits per heavy atom. The van der Waals surface area contributed by atoms with Crippen molar-refractivity contribution in [2.24, 2.45) is 5.92 Å². The fourth-order valence-electron chi connectivity index (χ4n) is 3.38. The van der Waals surface area contributed by atoms with Crippen molar-refractivity contribution in [3.8, 4) is 0 Å². The molecule has 3 rings (SSSR count). The quantitative estimate of drug-likeness (QED) is 0.875. The normalized spacial score (nSPS) is 29.0. The largest absolute Gasteiger partial charge is 0.481 e. The molecule has 0 spiro atoms. The number of carboxylic acids is 1. The Labute approximate surface area is 129 Å². The van der Waals surface area contributed by atoms with Crippen LogP contribution in [0.4, 0.5) is 4.39 Å². The second-order valence-electron chi connectivity index (χ2n) is 5.39. The molecular weight excluding hydrogens is 365 g/mol. The maximum absolute atomic E-state index is 13.1. The maximum Gasteiger partial charge on any atom is 0.308 e. The van der Waals surface area contributed by atoms with Gasteiger partial charge in [0.15, 0.2) is 0 Å². The summed E-state index contributed by atoms with van der Waals surface area (Å²) in [6.45, 7) is 0. The van der Waals surface area contributed by atoms with Crippen LogP contribution in [0.15, 0.2) is 27.6 Å². The molecule has 21 heavy (non-hydrogen) atoms. The van der Waals surface area contributed by atoms with Crippen LogP contribution in [-0.2, 0) is 14.8 Å². The van der Waals surface area contributed by atoms with E-state index in [0.717, 1.165) is 12.1 Å². The summed E-state index contributed by atoms with van der Waals surface area (Å²) in [4.78, 5) is 11.2. The van der Waals surface area contributed by atoms with E-state index in [9.17, 15) is 22.7 Å². The fourth-order valence-corrected chi connectivity index (χ4v) is 6.31. The van der Waals surface area contributed by atoms with Gasteiger partial charge in [-0.25, -0.2) is 12.8 Å². The summed E-state index contributed by atoms with van der Waals surface area (Å²) in [6, 6.07) is 2.61. The smallest absolute Gasteiger partial charge is 0.308 e.